The van der Waals surface area contributed by atoms with E-state index in [0.717, 1.165) is 37.4 Å². The van der Waals surface area contributed by atoms with Gasteiger partial charge in [0.1, 0.15) is 5.69 Å². The molecule has 0 bridgehead atoms. The van der Waals surface area contributed by atoms with Gasteiger partial charge >= 0.3 is 0 Å². The zero-order chi connectivity index (χ0) is 19.5. The first-order chi connectivity index (χ1) is 13.6. The van der Waals surface area contributed by atoms with Crippen molar-refractivity contribution < 1.29 is 4.79 Å². The van der Waals surface area contributed by atoms with E-state index in [0.29, 0.717) is 16.4 Å². The Kier molecular flexibility index (Phi) is 5.32. The number of H-pyrrole nitrogens is 1. The highest BCUT2D eigenvalue weighted by molar-refractivity contribution is 6.30. The van der Waals surface area contributed by atoms with Crippen molar-refractivity contribution in [3.8, 4) is 11.3 Å². The molecule has 1 aliphatic heterocycles. The van der Waals surface area contributed by atoms with Crippen molar-refractivity contribution in [2.24, 2.45) is 0 Å². The lowest BCUT2D eigenvalue weighted by molar-refractivity contribution is 0.102. The van der Waals surface area contributed by atoms with Crippen LogP contribution in [0.3, 0.4) is 0 Å². The van der Waals surface area contributed by atoms with E-state index >= 15 is 0 Å². The molecule has 28 heavy (non-hydrogen) atoms. The van der Waals surface area contributed by atoms with Crippen LogP contribution in [0.15, 0.2) is 54.6 Å². The molecular formula is C21H22ClN5O. The lowest BCUT2D eigenvalue weighted by Gasteiger charge is -2.34. The van der Waals surface area contributed by atoms with Gasteiger partial charge in [0.05, 0.1) is 5.69 Å². The Labute approximate surface area is 169 Å². The molecule has 6 nitrogen and oxygen atoms in total. The molecule has 144 valence electrons. The number of hydrogen-bond donors (Lipinski definition) is 2. The fraction of sp³-hybridized carbons (Fsp3) is 0.238. The van der Waals surface area contributed by atoms with Gasteiger partial charge in [-0.05, 0) is 49.5 Å². The molecule has 1 amide bonds. The summed E-state index contributed by atoms with van der Waals surface area (Å²) < 4.78 is 0. The van der Waals surface area contributed by atoms with Crippen molar-refractivity contribution in [3.63, 3.8) is 0 Å². The van der Waals surface area contributed by atoms with Crippen LogP contribution < -0.4 is 10.2 Å². The third-order valence-electron chi connectivity index (χ3n) is 4.96. The molecule has 4 rings (SSSR count). The minimum Gasteiger partial charge on any atom is -0.369 e. The van der Waals surface area contributed by atoms with Gasteiger partial charge in [0.2, 0.25) is 0 Å². The van der Waals surface area contributed by atoms with Gasteiger partial charge in [-0.25, -0.2) is 0 Å². The molecule has 1 aliphatic rings. The minimum absolute atomic E-state index is 0.222. The zero-order valence-electron chi connectivity index (χ0n) is 15.7. The first-order valence-electron chi connectivity index (χ1n) is 9.25. The van der Waals surface area contributed by atoms with Crippen LogP contribution >= 0.6 is 11.6 Å². The number of piperazine rings is 1. The number of nitrogens with zero attached hydrogens (tertiary/aromatic N) is 3. The molecule has 1 aromatic heterocycles. The molecule has 0 spiro atoms. The summed E-state index contributed by atoms with van der Waals surface area (Å²) in [5, 5.41) is 10.6. The van der Waals surface area contributed by atoms with Crippen molar-refractivity contribution in [1.29, 1.82) is 0 Å². The molecule has 3 aromatic rings. The van der Waals surface area contributed by atoms with Gasteiger partial charge in [0.25, 0.3) is 5.91 Å². The Balaban J connectivity index is 1.40. The van der Waals surface area contributed by atoms with Gasteiger partial charge in [-0.15, -0.1) is 0 Å². The van der Waals surface area contributed by atoms with E-state index in [1.807, 2.05) is 36.4 Å². The smallest absolute Gasteiger partial charge is 0.273 e. The number of aromatic nitrogens is 2. The lowest BCUT2D eigenvalue weighted by atomic mass is 10.1. The van der Waals surface area contributed by atoms with Gasteiger partial charge in [0.15, 0.2) is 0 Å². The van der Waals surface area contributed by atoms with Crippen LogP contribution in [0.1, 0.15) is 10.5 Å². The molecule has 1 fully saturated rings. The number of aromatic amines is 1. The van der Waals surface area contributed by atoms with Crippen LogP contribution in [-0.4, -0.2) is 54.2 Å². The average molecular weight is 396 g/mol. The highest BCUT2D eigenvalue weighted by Gasteiger charge is 2.15. The molecule has 7 heteroatoms. The molecule has 0 radical (unpaired) electrons. The van der Waals surface area contributed by atoms with Gasteiger partial charge in [-0.1, -0.05) is 23.7 Å². The molecule has 2 N–H and O–H groups in total. The van der Waals surface area contributed by atoms with Gasteiger partial charge in [-0.2, -0.15) is 5.10 Å². The molecule has 1 saturated heterocycles. The SMILES string of the molecule is CN1CCN(c2ccc(NC(=O)c3cc(-c4ccc(Cl)cc4)n[nH]3)cc2)CC1. The van der Waals surface area contributed by atoms with E-state index in [-0.39, 0.29) is 5.91 Å². The van der Waals surface area contributed by atoms with Crippen LogP contribution in [0.4, 0.5) is 11.4 Å². The quantitative estimate of drug-likeness (QED) is 0.706. The maximum Gasteiger partial charge on any atom is 0.273 e. The topological polar surface area (TPSA) is 64.3 Å². The number of rotatable bonds is 4. The molecule has 0 atom stereocenters. The molecule has 2 aromatic carbocycles. The van der Waals surface area contributed by atoms with E-state index < -0.39 is 0 Å². The van der Waals surface area contributed by atoms with Crippen molar-refractivity contribution in [3.05, 3.63) is 65.3 Å². The largest absolute Gasteiger partial charge is 0.369 e. The van der Waals surface area contributed by atoms with Crippen LogP contribution in [0.5, 0.6) is 0 Å². The number of nitrogens with one attached hydrogen (secondary N) is 2. The van der Waals surface area contributed by atoms with E-state index in [4.69, 9.17) is 11.6 Å². The van der Waals surface area contributed by atoms with Crippen LogP contribution in [0, 0.1) is 0 Å². The maximum absolute atomic E-state index is 12.5. The summed E-state index contributed by atoms with van der Waals surface area (Å²) in [4.78, 5) is 17.2. The normalized spacial score (nSPS) is 14.9. The van der Waals surface area contributed by atoms with Crippen LogP contribution in [0.25, 0.3) is 11.3 Å². The van der Waals surface area contributed by atoms with E-state index in [9.17, 15) is 4.79 Å². The summed E-state index contributed by atoms with van der Waals surface area (Å²) in [5.41, 5.74) is 3.94. The number of hydrogen-bond acceptors (Lipinski definition) is 4. The molecule has 0 aliphatic carbocycles. The third kappa shape index (κ3) is 4.18. The zero-order valence-corrected chi connectivity index (χ0v) is 16.4. The number of halogens is 1. The van der Waals surface area contributed by atoms with Gasteiger partial charge < -0.3 is 15.1 Å². The Morgan fingerprint density at radius 3 is 2.39 bits per heavy atom. The average Bonchev–Trinajstić information content (AvgIpc) is 3.20. The Bertz CT molecular complexity index is 944. The summed E-state index contributed by atoms with van der Waals surface area (Å²) in [6, 6.07) is 17.0. The fourth-order valence-corrected chi connectivity index (χ4v) is 3.35. The molecule has 0 unspecified atom stereocenters. The third-order valence-corrected chi connectivity index (χ3v) is 5.21. The van der Waals surface area contributed by atoms with Crippen molar-refractivity contribution in [2.45, 2.75) is 0 Å². The summed E-state index contributed by atoms with van der Waals surface area (Å²) in [6.07, 6.45) is 0. The van der Waals surface area contributed by atoms with Crippen molar-refractivity contribution in [2.75, 3.05) is 43.4 Å². The molecule has 2 heterocycles. The van der Waals surface area contributed by atoms with E-state index in [2.05, 4.69) is 32.4 Å². The summed E-state index contributed by atoms with van der Waals surface area (Å²) in [5.74, 6) is -0.222. The summed E-state index contributed by atoms with van der Waals surface area (Å²) >= 11 is 5.91. The second-order valence-electron chi connectivity index (χ2n) is 6.97. The van der Waals surface area contributed by atoms with Crippen LogP contribution in [-0.2, 0) is 0 Å². The number of benzene rings is 2. The maximum atomic E-state index is 12.5. The highest BCUT2D eigenvalue weighted by atomic mass is 35.5. The Morgan fingerprint density at radius 1 is 1.04 bits per heavy atom. The fourth-order valence-electron chi connectivity index (χ4n) is 3.23. The number of anilines is 2. The van der Waals surface area contributed by atoms with Crippen molar-refractivity contribution in [1.82, 2.24) is 15.1 Å². The first kappa shape index (κ1) is 18.5. The molecule has 0 saturated carbocycles. The van der Waals surface area contributed by atoms with Crippen LogP contribution in [0.2, 0.25) is 5.02 Å². The Morgan fingerprint density at radius 2 is 1.71 bits per heavy atom. The summed E-state index contributed by atoms with van der Waals surface area (Å²) in [6.45, 7) is 4.16. The molecular weight excluding hydrogens is 374 g/mol. The predicted molar refractivity (Wildman–Crippen MR) is 113 cm³/mol. The van der Waals surface area contributed by atoms with E-state index in [1.54, 1.807) is 18.2 Å². The number of carbonyl (C=O) groups is 1. The monoisotopic (exact) mass is 395 g/mol. The second kappa shape index (κ2) is 8.04. The first-order valence-corrected chi connectivity index (χ1v) is 9.62. The lowest BCUT2D eigenvalue weighted by Crippen LogP contribution is -2.44. The highest BCUT2D eigenvalue weighted by Crippen LogP contribution is 2.22. The number of carbonyl (C=O) groups excluding carboxylic acids is 1. The van der Waals surface area contributed by atoms with Gasteiger partial charge in [-0.3, -0.25) is 9.89 Å². The second-order valence-corrected chi connectivity index (χ2v) is 7.40. The van der Waals surface area contributed by atoms with Crippen molar-refractivity contribution >= 4 is 28.9 Å². The number of amides is 1. The summed E-state index contributed by atoms with van der Waals surface area (Å²) in [7, 11) is 2.14. The number of likely N-dealkylation sites (N-methyl/N-ethyl adjacent to an activating group) is 1. The standard InChI is InChI=1S/C21H22ClN5O/c1-26-10-12-27(13-11-26)18-8-6-17(7-9-18)23-21(28)20-14-19(24-25-20)15-2-4-16(22)5-3-15/h2-9,14H,10-13H2,1H3,(H,23,28)(H,24,25). The predicted octanol–water partition coefficient (Wildman–Crippen LogP) is 3.73. The minimum atomic E-state index is -0.222. The van der Waals surface area contributed by atoms with E-state index in [1.165, 1.54) is 5.69 Å². The Hall–Kier alpha value is -2.83. The van der Waals surface area contributed by atoms with Gasteiger partial charge in [0, 0.05) is 48.1 Å².